The van der Waals surface area contributed by atoms with Crippen molar-refractivity contribution >= 4 is 35.8 Å². The van der Waals surface area contributed by atoms with Crippen LogP contribution in [0.15, 0.2) is 0 Å². The molecule has 44 valence electrons. The van der Waals surface area contributed by atoms with Crippen LogP contribution in [-0.2, 0) is 17.1 Å². The van der Waals surface area contributed by atoms with E-state index in [1.54, 1.807) is 0 Å². The summed E-state index contributed by atoms with van der Waals surface area (Å²) in [5.41, 5.74) is 0. The molecule has 0 aliphatic heterocycles. The van der Waals surface area contributed by atoms with E-state index in [1.807, 2.05) is 0 Å². The Balaban J connectivity index is 0. The molecule has 0 fully saturated rings. The van der Waals surface area contributed by atoms with Crippen molar-refractivity contribution in [2.24, 2.45) is 0 Å². The Hall–Kier alpha value is 1.12. The number of aldehydes is 1. The molecular formula is C2H4Cl3OV. The summed E-state index contributed by atoms with van der Waals surface area (Å²) < 4.78 is 0. The average Bonchev–Trinajstić information content (AvgIpc) is 1.33. The Labute approximate surface area is 59.8 Å². The number of hydrogen-bond donors (Lipinski definition) is 0. The monoisotopic (exact) mass is 200 g/mol. The van der Waals surface area contributed by atoms with Gasteiger partial charge in [-0.3, -0.25) is 0 Å². The van der Waals surface area contributed by atoms with Crippen molar-refractivity contribution in [3.8, 4) is 0 Å². The van der Waals surface area contributed by atoms with Crippen molar-refractivity contribution in [1.82, 2.24) is 0 Å². The SMILES string of the molecule is CC=O.[Cl][V]([Cl])[Cl]. The number of halogens is 3. The molecule has 0 heterocycles. The molecule has 0 atom stereocenters. The van der Waals surface area contributed by atoms with E-state index in [4.69, 9.17) is 34.3 Å². The first kappa shape index (κ1) is 11.0. The van der Waals surface area contributed by atoms with Crippen LogP contribution in [-0.4, -0.2) is 6.29 Å². The average molecular weight is 201 g/mol. The van der Waals surface area contributed by atoms with Crippen LogP contribution in [0.3, 0.4) is 0 Å². The minimum atomic E-state index is -1.77. The van der Waals surface area contributed by atoms with Gasteiger partial charge in [-0.2, -0.15) is 0 Å². The van der Waals surface area contributed by atoms with Gasteiger partial charge in [0, 0.05) is 0 Å². The second-order valence-electron chi connectivity index (χ2n) is 0.427. The number of rotatable bonds is 0. The second kappa shape index (κ2) is 10.2. The maximum atomic E-state index is 8.81. The molecule has 0 saturated carbocycles. The van der Waals surface area contributed by atoms with Crippen LogP contribution < -0.4 is 0 Å². The summed E-state index contributed by atoms with van der Waals surface area (Å²) in [7, 11) is 14.9. The third-order valence-corrected chi connectivity index (χ3v) is 0. The van der Waals surface area contributed by atoms with E-state index in [-0.39, 0.29) is 0 Å². The van der Waals surface area contributed by atoms with Crippen molar-refractivity contribution in [1.29, 1.82) is 0 Å². The van der Waals surface area contributed by atoms with Gasteiger partial charge in [0.15, 0.2) is 0 Å². The van der Waals surface area contributed by atoms with Gasteiger partial charge in [0.2, 0.25) is 0 Å². The van der Waals surface area contributed by atoms with E-state index in [1.165, 1.54) is 6.92 Å². The maximum absolute atomic E-state index is 8.81. The van der Waals surface area contributed by atoms with Crippen molar-refractivity contribution < 1.29 is 17.1 Å². The van der Waals surface area contributed by atoms with Gasteiger partial charge in [-0.1, -0.05) is 0 Å². The van der Waals surface area contributed by atoms with Crippen molar-refractivity contribution in [3.05, 3.63) is 0 Å². The zero-order valence-electron chi connectivity index (χ0n) is 3.57. The topological polar surface area (TPSA) is 17.1 Å². The molecule has 0 radical (unpaired) electrons. The van der Waals surface area contributed by atoms with Gasteiger partial charge >= 0.3 is 41.8 Å². The van der Waals surface area contributed by atoms with E-state index in [0.29, 0.717) is 0 Å². The van der Waals surface area contributed by atoms with Gasteiger partial charge in [-0.25, -0.2) is 0 Å². The standard InChI is InChI=1S/C2H4O.3ClH.V/c1-2-3;;;;/h2H,1H3;3*1H;/q;;;;+3/p-3. The summed E-state index contributed by atoms with van der Waals surface area (Å²) >= 11 is -1.77. The Bertz CT molecular complexity index is 37.2. The molecule has 0 aliphatic rings. The summed E-state index contributed by atoms with van der Waals surface area (Å²) in [6, 6.07) is 0. The Morgan fingerprint density at radius 3 is 1.43 bits per heavy atom. The summed E-state index contributed by atoms with van der Waals surface area (Å²) in [5, 5.41) is 0. The molecule has 1 nitrogen and oxygen atoms in total. The molecule has 0 N–H and O–H groups in total. The molecule has 0 aromatic heterocycles. The quantitative estimate of drug-likeness (QED) is 0.550. The molecule has 0 unspecified atom stereocenters. The predicted octanol–water partition coefficient (Wildman–Crippen LogP) is 2.27. The van der Waals surface area contributed by atoms with Crippen LogP contribution in [0, 0.1) is 0 Å². The zero-order chi connectivity index (χ0) is 6.28. The Morgan fingerprint density at radius 2 is 1.43 bits per heavy atom. The Kier molecular flexibility index (Phi) is 16.0. The van der Waals surface area contributed by atoms with E-state index >= 15 is 0 Å². The molecule has 0 aromatic rings. The van der Waals surface area contributed by atoms with E-state index in [9.17, 15) is 0 Å². The number of carbonyl (C=O) groups excluding carboxylic acids is 1. The van der Waals surface area contributed by atoms with Gasteiger partial charge in [-0.05, 0) is 6.92 Å². The van der Waals surface area contributed by atoms with Crippen LogP contribution in [0.1, 0.15) is 6.92 Å². The molecular weight excluding hydrogens is 197 g/mol. The van der Waals surface area contributed by atoms with Gasteiger partial charge < -0.3 is 4.79 Å². The fourth-order valence-electron chi connectivity index (χ4n) is 0. The molecule has 7 heavy (non-hydrogen) atoms. The normalized spacial score (nSPS) is 7.00. The summed E-state index contributed by atoms with van der Waals surface area (Å²) in [4.78, 5) is 8.81. The van der Waals surface area contributed by atoms with Crippen LogP contribution in [0.25, 0.3) is 0 Å². The summed E-state index contributed by atoms with van der Waals surface area (Å²) in [6.45, 7) is 1.44. The first-order chi connectivity index (χ1) is 3.15. The summed E-state index contributed by atoms with van der Waals surface area (Å²) in [5.74, 6) is 0. The molecule has 0 rings (SSSR count). The van der Waals surface area contributed by atoms with E-state index in [2.05, 4.69) is 0 Å². The van der Waals surface area contributed by atoms with Crippen LogP contribution in [0.5, 0.6) is 0 Å². The molecule has 0 spiro atoms. The van der Waals surface area contributed by atoms with Crippen molar-refractivity contribution in [2.75, 3.05) is 0 Å². The second-order valence-corrected chi connectivity index (χ2v) is 7.35. The summed E-state index contributed by atoms with van der Waals surface area (Å²) in [6.07, 6.45) is 0.750. The zero-order valence-corrected chi connectivity index (χ0v) is 7.23. The van der Waals surface area contributed by atoms with Crippen molar-refractivity contribution in [2.45, 2.75) is 6.92 Å². The van der Waals surface area contributed by atoms with Crippen LogP contribution >= 0.6 is 29.5 Å². The molecule has 0 saturated heterocycles. The fourth-order valence-corrected chi connectivity index (χ4v) is 0. The van der Waals surface area contributed by atoms with Crippen LogP contribution in [0.2, 0.25) is 0 Å². The number of hydrogen-bond acceptors (Lipinski definition) is 1. The minimum absolute atomic E-state index is 0.750. The first-order valence-corrected chi connectivity index (χ1v) is 7.09. The fraction of sp³-hybridized carbons (Fsp3) is 0.500. The molecule has 0 aromatic carbocycles. The molecule has 5 heteroatoms. The van der Waals surface area contributed by atoms with E-state index in [0.717, 1.165) is 6.29 Å². The Morgan fingerprint density at radius 1 is 1.43 bits per heavy atom. The van der Waals surface area contributed by atoms with E-state index < -0.39 is 12.3 Å². The third-order valence-electron chi connectivity index (χ3n) is 0. The van der Waals surface area contributed by atoms with Crippen molar-refractivity contribution in [3.63, 3.8) is 0 Å². The third kappa shape index (κ3) is 148. The van der Waals surface area contributed by atoms with Gasteiger partial charge in [0.25, 0.3) is 0 Å². The van der Waals surface area contributed by atoms with Gasteiger partial charge in [0.05, 0.1) is 0 Å². The van der Waals surface area contributed by atoms with Gasteiger partial charge in [0.1, 0.15) is 6.29 Å². The molecule has 0 amide bonds. The predicted molar refractivity (Wildman–Crippen MR) is 29.3 cm³/mol. The van der Waals surface area contributed by atoms with Crippen LogP contribution in [0.4, 0.5) is 0 Å². The molecule has 0 aliphatic carbocycles. The first-order valence-electron chi connectivity index (χ1n) is 1.32. The van der Waals surface area contributed by atoms with Gasteiger partial charge in [-0.15, -0.1) is 0 Å². The molecule has 0 bridgehead atoms. The number of carbonyl (C=O) groups is 1.